The molecule has 10 heteroatoms. The first-order valence-corrected chi connectivity index (χ1v) is 47.3. The van der Waals surface area contributed by atoms with Crippen LogP contribution in [0.5, 0.6) is 0 Å². The molecular weight excluding hydrogens is 1350 g/mol. The van der Waals surface area contributed by atoms with Crippen molar-refractivity contribution in [1.29, 1.82) is 0 Å². The summed E-state index contributed by atoms with van der Waals surface area (Å²) in [6.07, 6.45) is 64.8. The van der Waals surface area contributed by atoms with Gasteiger partial charge in [-0.15, -0.1) is 90.7 Å². The Bertz CT molecular complexity index is 3510. The van der Waals surface area contributed by atoms with Crippen LogP contribution in [0.1, 0.15) is 390 Å². The second kappa shape index (κ2) is 41.2. The molecule has 0 radical (unpaired) electrons. The van der Waals surface area contributed by atoms with Gasteiger partial charge in [-0.05, 0) is 99.2 Å². The minimum atomic E-state index is -0.494. The Morgan fingerprint density at radius 3 is 0.786 bits per heavy atom. The standard InChI is InChI=1S/C88H126O2S8/c1-7-11-15-19-23-27-31-33-35-39-43-47-51-55-88(56-52-48-44-40-36-34-32-28-24-20-16-12-8-2)70-61-73(77-62-75-71(93-77)58-66(6)91-75)98-84(70)82-68(86(88)90)59-72(96-82)76-63-79-80(94-76)64-78(95-79)74-60-69-83(97-74)81-67(57-65(5)92-81)85(89)87(69,53-49-45-41-37-29-25-21-17-13-9-3)54-50-46-42-38-30-26-22-18-14-10-4/h57-64H,7-56H2,1-6H3. The van der Waals surface area contributed by atoms with Crippen LogP contribution >= 0.6 is 90.7 Å². The average Bonchev–Trinajstić information content (AvgIpc) is 1.53. The van der Waals surface area contributed by atoms with Crippen LogP contribution in [0.15, 0.2) is 48.5 Å². The lowest BCUT2D eigenvalue weighted by atomic mass is 9.65. The van der Waals surface area contributed by atoms with E-state index in [0.29, 0.717) is 11.6 Å². The number of unbranched alkanes of at least 4 members (excludes halogenated alkanes) is 42. The molecule has 0 fully saturated rings. The molecule has 0 bridgehead atoms. The molecule has 8 aromatic rings. The second-order valence-corrected chi connectivity index (χ2v) is 39.4. The van der Waals surface area contributed by atoms with Crippen molar-refractivity contribution in [3.8, 4) is 48.8 Å². The highest BCUT2D eigenvalue weighted by atomic mass is 32.1. The van der Waals surface area contributed by atoms with Gasteiger partial charge in [0.05, 0.1) is 20.6 Å². The van der Waals surface area contributed by atoms with Crippen LogP contribution in [-0.2, 0) is 10.8 Å². The summed E-state index contributed by atoms with van der Waals surface area (Å²) in [5.41, 5.74) is 3.75. The fourth-order valence-corrected chi connectivity index (χ4v) is 26.6. The van der Waals surface area contributed by atoms with Crippen molar-refractivity contribution in [2.24, 2.45) is 0 Å². The van der Waals surface area contributed by atoms with E-state index in [4.69, 9.17) is 0 Å². The van der Waals surface area contributed by atoms with Crippen molar-refractivity contribution in [2.75, 3.05) is 0 Å². The number of hydrogen-bond donors (Lipinski definition) is 0. The molecule has 0 aliphatic heterocycles. The third-order valence-electron chi connectivity index (χ3n) is 22.4. The number of hydrogen-bond acceptors (Lipinski definition) is 10. The lowest BCUT2D eigenvalue weighted by molar-refractivity contribution is 0.0848. The van der Waals surface area contributed by atoms with Gasteiger partial charge >= 0.3 is 0 Å². The Morgan fingerprint density at radius 2 is 0.469 bits per heavy atom. The number of carbonyl (C=O) groups excluding carboxylic acids is 2. The van der Waals surface area contributed by atoms with Crippen molar-refractivity contribution in [3.63, 3.8) is 0 Å². The smallest absolute Gasteiger partial charge is 0.174 e. The lowest BCUT2D eigenvalue weighted by Gasteiger charge is -2.36. The molecule has 10 rings (SSSR count). The monoisotopic (exact) mass is 1470 g/mol. The van der Waals surface area contributed by atoms with Crippen molar-refractivity contribution < 1.29 is 9.59 Å². The van der Waals surface area contributed by atoms with E-state index < -0.39 is 10.8 Å². The zero-order valence-corrected chi connectivity index (χ0v) is 68.6. The summed E-state index contributed by atoms with van der Waals surface area (Å²) in [6.45, 7) is 13.7. The van der Waals surface area contributed by atoms with Crippen LogP contribution < -0.4 is 0 Å². The maximum atomic E-state index is 16.2. The van der Waals surface area contributed by atoms with Gasteiger partial charge in [0.2, 0.25) is 0 Å². The molecule has 0 spiro atoms. The SMILES string of the molecule is CCCCCCCCCCCCCCCC1(CCCCCCCCCCCCCCC)C(=O)c2cc(-c3cc4sc(-c5cc6c(s5)-c5sc(C)cc5C(=O)C6(CCCCCCCCCCCC)CCCCCCCCCCCC)cc4s3)sc2-c2sc(-c3cc4sc(C)cc4s3)cc21. The first kappa shape index (κ1) is 78.1. The summed E-state index contributed by atoms with van der Waals surface area (Å²) in [6, 6.07) is 19.4. The highest BCUT2D eigenvalue weighted by molar-refractivity contribution is 7.35. The molecule has 2 aliphatic carbocycles. The van der Waals surface area contributed by atoms with Crippen LogP contribution in [0.4, 0.5) is 0 Å². The predicted octanol–water partition coefficient (Wildman–Crippen LogP) is 33.9. The number of rotatable bonds is 53. The Labute approximate surface area is 627 Å². The first-order chi connectivity index (χ1) is 48.1. The molecule has 8 heterocycles. The lowest BCUT2D eigenvalue weighted by Crippen LogP contribution is -2.38. The van der Waals surface area contributed by atoms with Crippen LogP contribution in [0.2, 0.25) is 0 Å². The summed E-state index contributed by atoms with van der Waals surface area (Å²) < 4.78 is 5.45. The largest absolute Gasteiger partial charge is 0.293 e. The Kier molecular flexibility index (Phi) is 32.8. The molecule has 0 saturated carbocycles. The third kappa shape index (κ3) is 20.9. The van der Waals surface area contributed by atoms with Gasteiger partial charge < -0.3 is 0 Å². The van der Waals surface area contributed by atoms with Crippen LogP contribution in [0.25, 0.3) is 67.6 Å². The van der Waals surface area contributed by atoms with E-state index in [0.717, 1.165) is 62.5 Å². The molecule has 0 unspecified atom stereocenters. The van der Waals surface area contributed by atoms with Crippen molar-refractivity contribution in [3.05, 3.63) is 80.5 Å². The molecule has 0 aromatic carbocycles. The summed E-state index contributed by atoms with van der Waals surface area (Å²) >= 11 is 15.4. The number of fused-ring (bicyclic) bond motifs is 8. The van der Waals surface area contributed by atoms with Crippen molar-refractivity contribution in [2.45, 2.75) is 373 Å². The maximum Gasteiger partial charge on any atom is 0.174 e. The van der Waals surface area contributed by atoms with Crippen LogP contribution in [0, 0.1) is 13.8 Å². The van der Waals surface area contributed by atoms with Gasteiger partial charge in [-0.25, -0.2) is 0 Å². The van der Waals surface area contributed by atoms with Gasteiger partial charge in [-0.2, -0.15) is 0 Å². The minimum absolute atomic E-state index is 0.412. The first-order valence-electron chi connectivity index (χ1n) is 40.8. The molecule has 0 N–H and O–H groups in total. The highest BCUT2D eigenvalue weighted by Crippen LogP contribution is 2.60. The number of Topliss-reactive ketones (excluding diaryl/α,β-unsaturated/α-hetero) is 2. The summed E-state index contributed by atoms with van der Waals surface area (Å²) in [4.78, 5) is 47.4. The fraction of sp³-hybridized carbons (Fsp3) is 0.659. The highest BCUT2D eigenvalue weighted by Gasteiger charge is 2.49. The van der Waals surface area contributed by atoms with E-state index in [1.165, 1.54) is 358 Å². The van der Waals surface area contributed by atoms with Gasteiger partial charge in [0.25, 0.3) is 0 Å². The molecule has 0 saturated heterocycles. The topological polar surface area (TPSA) is 34.1 Å². The molecule has 0 amide bonds. The normalized spacial score (nSPS) is 14.0. The summed E-state index contributed by atoms with van der Waals surface area (Å²) in [5, 5.41) is 0. The molecule has 0 atom stereocenters. The van der Waals surface area contributed by atoms with Gasteiger partial charge in [0.1, 0.15) is 0 Å². The van der Waals surface area contributed by atoms with Crippen molar-refractivity contribution in [1.82, 2.24) is 0 Å². The summed E-state index contributed by atoms with van der Waals surface area (Å²) in [7, 11) is 0. The number of carbonyl (C=O) groups is 2. The fourth-order valence-electron chi connectivity index (χ4n) is 16.7. The second-order valence-electron chi connectivity index (χ2n) is 30.5. The molecule has 2 aliphatic rings. The van der Waals surface area contributed by atoms with Gasteiger partial charge in [-0.1, -0.05) is 323 Å². The number of ketones is 2. The van der Waals surface area contributed by atoms with E-state index in [1.807, 2.05) is 90.7 Å². The molecule has 538 valence electrons. The van der Waals surface area contributed by atoms with Crippen LogP contribution in [0.3, 0.4) is 0 Å². The molecular formula is C88H126O2S8. The summed E-state index contributed by atoms with van der Waals surface area (Å²) in [5.74, 6) is 0.827. The average molecular weight is 1470 g/mol. The van der Waals surface area contributed by atoms with Crippen LogP contribution in [-0.4, -0.2) is 11.6 Å². The van der Waals surface area contributed by atoms with E-state index >= 15 is 9.59 Å². The van der Waals surface area contributed by atoms with E-state index in [9.17, 15) is 0 Å². The zero-order chi connectivity index (χ0) is 68.4. The number of thiophene rings is 8. The minimum Gasteiger partial charge on any atom is -0.293 e. The zero-order valence-electron chi connectivity index (χ0n) is 62.1. The van der Waals surface area contributed by atoms with E-state index in [1.54, 1.807) is 0 Å². The Balaban J connectivity index is 0.893. The Hall–Kier alpha value is -2.54. The van der Waals surface area contributed by atoms with E-state index in [2.05, 4.69) is 90.1 Å². The predicted molar refractivity (Wildman–Crippen MR) is 447 cm³/mol. The maximum absolute atomic E-state index is 16.2. The van der Waals surface area contributed by atoms with Gasteiger partial charge in [-0.3, -0.25) is 9.59 Å². The number of aryl methyl sites for hydroxylation is 2. The molecule has 2 nitrogen and oxygen atoms in total. The molecule has 98 heavy (non-hydrogen) atoms. The van der Waals surface area contributed by atoms with Crippen molar-refractivity contribution >= 4 is 121 Å². The van der Waals surface area contributed by atoms with Gasteiger partial charge in [0, 0.05) is 78.7 Å². The molecule has 8 aromatic heterocycles. The quantitative estimate of drug-likeness (QED) is 0.0356. The van der Waals surface area contributed by atoms with E-state index in [-0.39, 0.29) is 0 Å². The third-order valence-corrected chi connectivity index (χ3v) is 32.3. The van der Waals surface area contributed by atoms with Gasteiger partial charge in [0.15, 0.2) is 11.6 Å². The Morgan fingerprint density at radius 1 is 0.235 bits per heavy atom.